The minimum absolute atomic E-state index is 0.0881. The number of amides is 1. The number of carbonyl (C=O) groups is 2. The molecule has 0 unspecified atom stereocenters. The van der Waals surface area contributed by atoms with Gasteiger partial charge in [0.2, 0.25) is 10.0 Å². The molecular weight excluding hydrogens is 392 g/mol. The Labute approximate surface area is 171 Å². The first-order valence-corrected chi connectivity index (χ1v) is 10.6. The lowest BCUT2D eigenvalue weighted by Gasteiger charge is -2.23. The average molecular weight is 419 g/mol. The van der Waals surface area contributed by atoms with Gasteiger partial charge in [0, 0.05) is 6.54 Å². The van der Waals surface area contributed by atoms with Gasteiger partial charge in [-0.05, 0) is 43.9 Å². The molecule has 0 aliphatic rings. The summed E-state index contributed by atoms with van der Waals surface area (Å²) < 4.78 is 32.7. The lowest BCUT2D eigenvalue weighted by atomic mass is 10.1. The number of nitrogens with two attached hydrogens (primary N) is 1. The van der Waals surface area contributed by atoms with Crippen LogP contribution >= 0.6 is 0 Å². The summed E-state index contributed by atoms with van der Waals surface area (Å²) in [7, 11) is -3.97. The lowest BCUT2D eigenvalue weighted by Crippen LogP contribution is -2.39. The van der Waals surface area contributed by atoms with Crippen LogP contribution in [0.15, 0.2) is 47.4 Å². The quantitative estimate of drug-likeness (QED) is 0.626. The number of ether oxygens (including phenoxy) is 1. The van der Waals surface area contributed by atoms with Crippen LogP contribution in [0.25, 0.3) is 0 Å². The van der Waals surface area contributed by atoms with Crippen molar-refractivity contribution in [3.8, 4) is 0 Å². The van der Waals surface area contributed by atoms with Gasteiger partial charge in [-0.15, -0.1) is 0 Å². The number of hydrogen-bond donors (Lipinski definition) is 1. The van der Waals surface area contributed by atoms with Gasteiger partial charge in [0.15, 0.2) is 6.61 Å². The molecule has 156 valence electrons. The van der Waals surface area contributed by atoms with Gasteiger partial charge in [0.1, 0.15) is 6.54 Å². The van der Waals surface area contributed by atoms with Crippen molar-refractivity contribution in [2.75, 3.05) is 19.7 Å². The van der Waals surface area contributed by atoms with Crippen LogP contribution in [-0.4, -0.2) is 44.3 Å². The molecule has 0 spiro atoms. The number of esters is 1. The third-order valence-corrected chi connectivity index (χ3v) is 6.53. The Balaban J connectivity index is 2.34. The normalized spacial score (nSPS) is 11.4. The molecule has 2 aromatic rings. The van der Waals surface area contributed by atoms with Crippen LogP contribution in [0.1, 0.15) is 22.3 Å². The highest BCUT2D eigenvalue weighted by atomic mass is 32.2. The van der Waals surface area contributed by atoms with Crippen molar-refractivity contribution >= 4 is 21.9 Å². The first-order chi connectivity index (χ1) is 13.6. The number of rotatable bonds is 9. The van der Waals surface area contributed by atoms with E-state index in [0.717, 1.165) is 15.4 Å². The predicted molar refractivity (Wildman–Crippen MR) is 110 cm³/mol. The lowest BCUT2D eigenvalue weighted by molar-refractivity contribution is -0.147. The van der Waals surface area contributed by atoms with Gasteiger partial charge in [-0.3, -0.25) is 9.59 Å². The van der Waals surface area contributed by atoms with Crippen LogP contribution < -0.4 is 5.73 Å². The summed E-state index contributed by atoms with van der Waals surface area (Å²) in [6.07, 6.45) is 0.424. The number of nitrogens with zero attached hydrogens (tertiary/aromatic N) is 1. The van der Waals surface area contributed by atoms with E-state index in [4.69, 9.17) is 10.5 Å². The van der Waals surface area contributed by atoms with Crippen LogP contribution in [0.5, 0.6) is 0 Å². The van der Waals surface area contributed by atoms with Crippen molar-refractivity contribution in [3.05, 3.63) is 64.7 Å². The van der Waals surface area contributed by atoms with Gasteiger partial charge in [-0.2, -0.15) is 4.31 Å². The molecule has 7 nitrogen and oxygen atoms in total. The summed E-state index contributed by atoms with van der Waals surface area (Å²) in [4.78, 5) is 23.2. The van der Waals surface area contributed by atoms with Gasteiger partial charge in [0.25, 0.3) is 5.91 Å². The summed E-state index contributed by atoms with van der Waals surface area (Å²) in [5, 5.41) is 0. The van der Waals surface area contributed by atoms with E-state index in [1.54, 1.807) is 26.0 Å². The molecular formula is C21H26N2O5S. The second kappa shape index (κ2) is 9.67. The van der Waals surface area contributed by atoms with Crippen molar-refractivity contribution in [2.24, 2.45) is 5.73 Å². The zero-order valence-corrected chi connectivity index (χ0v) is 17.7. The fraction of sp³-hybridized carbons (Fsp3) is 0.333. The van der Waals surface area contributed by atoms with Crippen molar-refractivity contribution in [1.29, 1.82) is 0 Å². The van der Waals surface area contributed by atoms with Gasteiger partial charge >= 0.3 is 5.97 Å². The SMILES string of the molecule is Cc1cc(C)c(S(=O)(=O)N(CCc2ccccc2)CC(=O)OCC(N)=O)c(C)c1. The fourth-order valence-corrected chi connectivity index (χ4v) is 5.02. The van der Waals surface area contributed by atoms with Crippen molar-refractivity contribution < 1.29 is 22.7 Å². The molecule has 0 saturated heterocycles. The van der Waals surface area contributed by atoms with Gasteiger partial charge in [-0.1, -0.05) is 48.0 Å². The number of benzene rings is 2. The number of sulfonamides is 1. The Morgan fingerprint density at radius 2 is 1.62 bits per heavy atom. The highest BCUT2D eigenvalue weighted by Gasteiger charge is 2.30. The third kappa shape index (κ3) is 6.13. The maximum Gasteiger partial charge on any atom is 0.321 e. The van der Waals surface area contributed by atoms with Gasteiger partial charge in [0.05, 0.1) is 4.90 Å². The summed E-state index contributed by atoms with van der Waals surface area (Å²) >= 11 is 0. The van der Waals surface area contributed by atoms with E-state index in [-0.39, 0.29) is 11.4 Å². The number of aryl methyl sites for hydroxylation is 3. The van der Waals surface area contributed by atoms with Crippen molar-refractivity contribution in [1.82, 2.24) is 4.31 Å². The second-order valence-corrected chi connectivity index (χ2v) is 8.80. The summed E-state index contributed by atoms with van der Waals surface area (Å²) in [6, 6.07) is 13.0. The summed E-state index contributed by atoms with van der Waals surface area (Å²) in [5.41, 5.74) is 8.10. The first-order valence-electron chi connectivity index (χ1n) is 9.17. The van der Waals surface area contributed by atoms with Crippen LogP contribution in [0.4, 0.5) is 0 Å². The molecule has 29 heavy (non-hydrogen) atoms. The topological polar surface area (TPSA) is 107 Å². The fourth-order valence-electron chi connectivity index (χ4n) is 3.23. The Morgan fingerprint density at radius 1 is 1.03 bits per heavy atom. The second-order valence-electron chi connectivity index (χ2n) is 6.93. The predicted octanol–water partition coefficient (Wildman–Crippen LogP) is 1.87. The van der Waals surface area contributed by atoms with E-state index in [2.05, 4.69) is 0 Å². The Kier molecular flexibility index (Phi) is 7.53. The number of primary amides is 1. The minimum Gasteiger partial charge on any atom is -0.455 e. The molecule has 0 atom stereocenters. The number of carbonyl (C=O) groups excluding carboxylic acids is 2. The van der Waals surface area contributed by atoms with Gasteiger partial charge < -0.3 is 10.5 Å². The minimum atomic E-state index is -3.97. The molecule has 2 N–H and O–H groups in total. The monoisotopic (exact) mass is 418 g/mol. The molecule has 2 aromatic carbocycles. The van der Waals surface area contributed by atoms with E-state index < -0.39 is 35.1 Å². The van der Waals surface area contributed by atoms with Crippen LogP contribution in [-0.2, 0) is 30.8 Å². The van der Waals surface area contributed by atoms with Crippen LogP contribution in [0.2, 0.25) is 0 Å². The molecule has 8 heteroatoms. The molecule has 0 bridgehead atoms. The number of hydrogen-bond acceptors (Lipinski definition) is 5. The average Bonchev–Trinajstić information content (AvgIpc) is 2.63. The van der Waals surface area contributed by atoms with Crippen molar-refractivity contribution in [2.45, 2.75) is 32.1 Å². The molecule has 0 saturated carbocycles. The van der Waals surface area contributed by atoms with E-state index in [9.17, 15) is 18.0 Å². The highest BCUT2D eigenvalue weighted by Crippen LogP contribution is 2.25. The van der Waals surface area contributed by atoms with Crippen LogP contribution in [0, 0.1) is 20.8 Å². The maximum absolute atomic E-state index is 13.4. The molecule has 0 aliphatic carbocycles. The zero-order valence-electron chi connectivity index (χ0n) is 16.8. The molecule has 0 aliphatic heterocycles. The third-order valence-electron chi connectivity index (χ3n) is 4.38. The Bertz CT molecular complexity index is 964. The first kappa shape index (κ1) is 22.6. The highest BCUT2D eigenvalue weighted by molar-refractivity contribution is 7.89. The molecule has 1 amide bonds. The molecule has 0 fully saturated rings. The smallest absolute Gasteiger partial charge is 0.321 e. The zero-order chi connectivity index (χ0) is 21.6. The van der Waals surface area contributed by atoms with E-state index in [1.807, 2.05) is 37.3 Å². The molecule has 2 rings (SSSR count). The van der Waals surface area contributed by atoms with E-state index in [0.29, 0.717) is 17.5 Å². The largest absolute Gasteiger partial charge is 0.455 e. The van der Waals surface area contributed by atoms with Gasteiger partial charge in [-0.25, -0.2) is 8.42 Å². The maximum atomic E-state index is 13.4. The summed E-state index contributed by atoms with van der Waals surface area (Å²) in [6.45, 7) is 4.35. The Morgan fingerprint density at radius 3 is 2.17 bits per heavy atom. The van der Waals surface area contributed by atoms with Crippen LogP contribution in [0.3, 0.4) is 0 Å². The molecule has 0 aromatic heterocycles. The summed E-state index contributed by atoms with van der Waals surface area (Å²) in [5.74, 6) is -1.63. The Hall–Kier alpha value is -2.71. The molecule has 0 heterocycles. The van der Waals surface area contributed by atoms with E-state index in [1.165, 1.54) is 0 Å². The standard InChI is InChI=1S/C21H26N2O5S/c1-15-11-16(2)21(17(3)12-15)29(26,27)23(13-20(25)28-14-19(22)24)10-9-18-7-5-4-6-8-18/h4-8,11-12H,9-10,13-14H2,1-3H3,(H2,22,24). The molecule has 0 radical (unpaired) electrons. The van der Waals surface area contributed by atoms with Crippen molar-refractivity contribution in [3.63, 3.8) is 0 Å². The van der Waals surface area contributed by atoms with E-state index >= 15 is 0 Å².